The van der Waals surface area contributed by atoms with Gasteiger partial charge in [0.25, 0.3) is 11.8 Å². The predicted octanol–water partition coefficient (Wildman–Crippen LogP) is 7.89. The number of alkyl halides is 3. The fraction of sp³-hybridized carbons (Fsp3) is 0.365. The minimum atomic E-state index is -4.62. The number of benzene rings is 3. The van der Waals surface area contributed by atoms with Gasteiger partial charge in [0, 0.05) is 68.6 Å². The van der Waals surface area contributed by atoms with E-state index < -0.39 is 29.6 Å². The Morgan fingerprint density at radius 1 is 0.851 bits per heavy atom. The number of imide groups is 1. The van der Waals surface area contributed by atoms with E-state index in [2.05, 4.69) is 33.8 Å². The van der Waals surface area contributed by atoms with Gasteiger partial charge >= 0.3 is 6.18 Å². The van der Waals surface area contributed by atoms with E-state index in [9.17, 15) is 37.1 Å². The maximum Gasteiger partial charge on any atom is 0.416 e. The first kappa shape index (κ1) is 46.6. The Bertz CT molecular complexity index is 2810. The highest BCUT2D eigenvalue weighted by atomic mass is 19.4. The molecule has 8 rings (SSSR count). The molecule has 346 valence electrons. The van der Waals surface area contributed by atoms with E-state index >= 15 is 0 Å². The highest BCUT2D eigenvalue weighted by Gasteiger charge is 2.44. The standard InChI is InChI=1S/C52H52F3N7O5/c1-34-13-17-39(31-38(34)19-20-41-32-56-47-11-9-23-57-62(41)47)46(63)30-37-15-18-40(44(29-37)52(53,54)55)33-59-24-26-60(27-25-59)48(64)12-8-6-4-3-5-7-10-36-16-21-42-43(28-36)51(67)61(50(42)66)45-22-14-35(2)58-49(45)65/h9,11,13,15-18,21,23,28-29,31-32,45H,2-8,10,12,14,22,24-27,30,33H2,1H3,(H,58,65). The van der Waals surface area contributed by atoms with Crippen molar-refractivity contribution in [2.75, 3.05) is 26.2 Å². The van der Waals surface area contributed by atoms with Crippen LogP contribution in [-0.4, -0.2) is 90.9 Å². The predicted molar refractivity (Wildman–Crippen MR) is 245 cm³/mol. The normalized spacial score (nSPS) is 16.6. The summed E-state index contributed by atoms with van der Waals surface area (Å²) in [4.78, 5) is 74.2. The third kappa shape index (κ3) is 10.9. The van der Waals surface area contributed by atoms with Crippen LogP contribution < -0.4 is 5.32 Å². The van der Waals surface area contributed by atoms with E-state index in [1.807, 2.05) is 24.0 Å². The maximum atomic E-state index is 14.4. The number of aromatic nitrogens is 3. The topological polar surface area (TPSA) is 137 Å². The molecule has 5 aromatic rings. The molecule has 5 heterocycles. The van der Waals surface area contributed by atoms with Gasteiger partial charge in [-0.2, -0.15) is 18.3 Å². The van der Waals surface area contributed by atoms with Gasteiger partial charge in [-0.05, 0) is 104 Å². The van der Waals surface area contributed by atoms with E-state index in [-0.39, 0.29) is 41.7 Å². The van der Waals surface area contributed by atoms with Crippen molar-refractivity contribution in [2.45, 2.75) is 96.3 Å². The molecule has 4 amide bonds. The Hall–Kier alpha value is -6.92. The SMILES string of the molecule is C=C1CCC(N2C(=O)c3ccc(CCCCCCCCC(=O)N4CCN(Cc5ccc(CC(=O)c6ccc(C)c(C#Cc7cnc8cccnn78)c6)cc5C(F)(F)F)CC4)cc3C2=O)C(=O)N1. The number of nitrogens with one attached hydrogen (secondary N) is 1. The Morgan fingerprint density at radius 2 is 1.60 bits per heavy atom. The number of halogens is 3. The largest absolute Gasteiger partial charge is 0.416 e. The number of Topliss-reactive ketones (excluding diaryl/α,β-unsaturated/α-hetero) is 1. The van der Waals surface area contributed by atoms with E-state index in [1.165, 1.54) is 6.07 Å². The summed E-state index contributed by atoms with van der Waals surface area (Å²) < 4.78 is 44.9. The molecular formula is C52H52F3N7O5. The Balaban J connectivity index is 0.746. The van der Waals surface area contributed by atoms with Crippen molar-refractivity contribution in [3.8, 4) is 11.8 Å². The zero-order chi connectivity index (χ0) is 47.2. The van der Waals surface area contributed by atoms with Crippen molar-refractivity contribution >= 4 is 35.1 Å². The molecule has 2 fully saturated rings. The van der Waals surface area contributed by atoms with E-state index in [0.717, 1.165) is 67.0 Å². The molecule has 1 N–H and O–H groups in total. The van der Waals surface area contributed by atoms with E-state index in [0.29, 0.717) is 84.7 Å². The van der Waals surface area contributed by atoms with Crippen LogP contribution in [0.3, 0.4) is 0 Å². The van der Waals surface area contributed by atoms with Gasteiger partial charge < -0.3 is 10.2 Å². The molecule has 2 aromatic heterocycles. The van der Waals surface area contributed by atoms with Gasteiger partial charge in [-0.25, -0.2) is 9.50 Å². The summed E-state index contributed by atoms with van der Waals surface area (Å²) in [6, 6.07) is 17.3. The first-order valence-electron chi connectivity index (χ1n) is 22.9. The number of carbonyl (C=O) groups is 5. The molecule has 1 unspecified atom stereocenters. The summed E-state index contributed by atoms with van der Waals surface area (Å²) in [6.45, 7) is 7.51. The molecular weight excluding hydrogens is 860 g/mol. The molecule has 3 aliphatic rings. The number of imidazole rings is 1. The zero-order valence-electron chi connectivity index (χ0n) is 37.5. The molecule has 0 saturated carbocycles. The number of aryl methyl sites for hydroxylation is 2. The molecule has 0 bridgehead atoms. The molecule has 15 heteroatoms. The van der Waals surface area contributed by atoms with Crippen LogP contribution in [0.2, 0.25) is 0 Å². The van der Waals surface area contributed by atoms with Crippen molar-refractivity contribution in [1.29, 1.82) is 0 Å². The van der Waals surface area contributed by atoms with E-state index in [4.69, 9.17) is 0 Å². The molecule has 3 aliphatic heterocycles. The van der Waals surface area contributed by atoms with Crippen LogP contribution in [0, 0.1) is 18.8 Å². The Morgan fingerprint density at radius 3 is 2.37 bits per heavy atom. The third-order valence-electron chi connectivity index (χ3n) is 12.8. The fourth-order valence-electron chi connectivity index (χ4n) is 9.02. The lowest BCUT2D eigenvalue weighted by Crippen LogP contribution is -2.51. The van der Waals surface area contributed by atoms with Crippen LogP contribution in [-0.2, 0) is 35.2 Å². The van der Waals surface area contributed by atoms with Gasteiger partial charge in [-0.3, -0.25) is 33.8 Å². The van der Waals surface area contributed by atoms with E-state index in [1.54, 1.807) is 64.3 Å². The minimum absolute atomic E-state index is 0.0550. The lowest BCUT2D eigenvalue weighted by atomic mass is 9.96. The van der Waals surface area contributed by atoms with Crippen LogP contribution in [0.4, 0.5) is 13.2 Å². The second kappa shape index (κ2) is 20.3. The average molecular weight is 912 g/mol. The highest BCUT2D eigenvalue weighted by Crippen LogP contribution is 2.34. The maximum absolute atomic E-state index is 14.4. The average Bonchev–Trinajstić information content (AvgIpc) is 3.83. The van der Waals surface area contributed by atoms with Crippen LogP contribution in [0.5, 0.6) is 0 Å². The molecule has 0 radical (unpaired) electrons. The fourth-order valence-corrected chi connectivity index (χ4v) is 9.02. The summed E-state index contributed by atoms with van der Waals surface area (Å²) in [6.07, 6.45) is 6.00. The van der Waals surface area contributed by atoms with Gasteiger partial charge in [-0.15, -0.1) is 0 Å². The van der Waals surface area contributed by atoms with Gasteiger partial charge in [0.15, 0.2) is 11.4 Å². The van der Waals surface area contributed by atoms with Gasteiger partial charge in [-0.1, -0.05) is 68.5 Å². The monoisotopic (exact) mass is 911 g/mol. The number of allylic oxidation sites excluding steroid dienone is 1. The molecule has 12 nitrogen and oxygen atoms in total. The number of fused-ring (bicyclic) bond motifs is 2. The summed E-state index contributed by atoms with van der Waals surface area (Å²) >= 11 is 0. The van der Waals surface area contributed by atoms with Crippen molar-refractivity contribution in [3.05, 3.63) is 147 Å². The second-order valence-corrected chi connectivity index (χ2v) is 17.6. The van der Waals surface area contributed by atoms with Crippen LogP contribution in [0.1, 0.15) is 128 Å². The first-order chi connectivity index (χ1) is 32.2. The van der Waals surface area contributed by atoms with Crippen LogP contribution in [0.25, 0.3) is 5.65 Å². The number of amides is 4. The van der Waals surface area contributed by atoms with Gasteiger partial charge in [0.05, 0.1) is 22.9 Å². The number of carbonyl (C=O) groups excluding carboxylic acids is 5. The quantitative estimate of drug-likeness (QED) is 0.0485. The number of hydrogen-bond donors (Lipinski definition) is 1. The highest BCUT2D eigenvalue weighted by molar-refractivity contribution is 6.23. The molecule has 0 aliphatic carbocycles. The van der Waals surface area contributed by atoms with Crippen LogP contribution in [0.15, 0.2) is 91.4 Å². The molecule has 3 aromatic carbocycles. The van der Waals surface area contributed by atoms with Crippen molar-refractivity contribution < 1.29 is 37.1 Å². The summed E-state index contributed by atoms with van der Waals surface area (Å²) in [7, 11) is 0. The number of piperidine rings is 1. The lowest BCUT2D eigenvalue weighted by molar-refractivity contribution is -0.138. The zero-order valence-corrected chi connectivity index (χ0v) is 37.5. The first-order valence-corrected chi connectivity index (χ1v) is 22.9. The number of ketones is 1. The van der Waals surface area contributed by atoms with Crippen molar-refractivity contribution in [1.82, 2.24) is 34.6 Å². The minimum Gasteiger partial charge on any atom is -0.340 e. The van der Waals surface area contributed by atoms with Gasteiger partial charge in [0.1, 0.15) is 11.7 Å². The number of hydrogen-bond acceptors (Lipinski definition) is 8. The third-order valence-corrected chi connectivity index (χ3v) is 12.8. The van der Waals surface area contributed by atoms with Gasteiger partial charge in [0.2, 0.25) is 11.8 Å². The summed E-state index contributed by atoms with van der Waals surface area (Å²) in [5.41, 5.74) is 4.90. The smallest absolute Gasteiger partial charge is 0.340 e. The number of piperazine rings is 1. The summed E-state index contributed by atoms with van der Waals surface area (Å²) in [5, 5.41) is 6.92. The summed E-state index contributed by atoms with van der Waals surface area (Å²) in [5.74, 6) is 4.62. The Labute approximate surface area is 387 Å². The van der Waals surface area contributed by atoms with Crippen molar-refractivity contribution in [2.24, 2.45) is 0 Å². The van der Waals surface area contributed by atoms with Crippen molar-refractivity contribution in [3.63, 3.8) is 0 Å². The number of nitrogens with zero attached hydrogens (tertiary/aromatic N) is 6. The molecule has 0 spiro atoms. The molecule has 1 atom stereocenters. The number of rotatable bonds is 15. The number of unbranched alkanes of at least 4 members (excludes halogenated alkanes) is 5. The van der Waals surface area contributed by atoms with Crippen LogP contribution >= 0.6 is 0 Å². The second-order valence-electron chi connectivity index (χ2n) is 17.6. The molecule has 67 heavy (non-hydrogen) atoms. The molecule has 2 saturated heterocycles. The Kier molecular flexibility index (Phi) is 14.1. The lowest BCUT2D eigenvalue weighted by Gasteiger charge is -2.35.